The number of rotatable bonds is 4. The molecule has 0 fully saturated rings. The first kappa shape index (κ1) is 14.1. The zero-order valence-electron chi connectivity index (χ0n) is 11.7. The molecular formula is C15H14ClN3OS. The topological polar surface area (TPSA) is 47.0 Å². The SMILES string of the molecule is CCc1cc2c(Oc3cccc(Cl)c3)nc(NC)nc2s1. The highest BCUT2D eigenvalue weighted by Crippen LogP contribution is 2.34. The summed E-state index contributed by atoms with van der Waals surface area (Å²) in [4.78, 5) is 11.1. The van der Waals surface area contributed by atoms with Crippen LogP contribution >= 0.6 is 22.9 Å². The van der Waals surface area contributed by atoms with E-state index >= 15 is 0 Å². The molecule has 6 heteroatoms. The largest absolute Gasteiger partial charge is 0.438 e. The fourth-order valence-electron chi connectivity index (χ4n) is 1.95. The summed E-state index contributed by atoms with van der Waals surface area (Å²) in [6.45, 7) is 2.12. The summed E-state index contributed by atoms with van der Waals surface area (Å²) in [5, 5.41) is 4.52. The molecule has 0 saturated carbocycles. The minimum Gasteiger partial charge on any atom is -0.438 e. The molecule has 3 rings (SSSR count). The molecule has 1 N–H and O–H groups in total. The van der Waals surface area contributed by atoms with Crippen LogP contribution in [0.5, 0.6) is 11.6 Å². The molecule has 2 heterocycles. The van der Waals surface area contributed by atoms with Crippen molar-refractivity contribution in [2.24, 2.45) is 0 Å². The molecule has 0 spiro atoms. The van der Waals surface area contributed by atoms with Gasteiger partial charge in [0.1, 0.15) is 10.6 Å². The van der Waals surface area contributed by atoms with Crippen LogP contribution in [-0.4, -0.2) is 17.0 Å². The van der Waals surface area contributed by atoms with Gasteiger partial charge in [0.2, 0.25) is 11.8 Å². The van der Waals surface area contributed by atoms with Crippen molar-refractivity contribution in [1.29, 1.82) is 0 Å². The number of anilines is 1. The minimum absolute atomic E-state index is 0.544. The Balaban J connectivity index is 2.09. The van der Waals surface area contributed by atoms with Crippen LogP contribution in [0.15, 0.2) is 30.3 Å². The predicted octanol–water partition coefficient (Wildman–Crippen LogP) is 4.74. The lowest BCUT2D eigenvalue weighted by molar-refractivity contribution is 0.469. The van der Waals surface area contributed by atoms with E-state index in [4.69, 9.17) is 16.3 Å². The molecule has 0 atom stereocenters. The highest BCUT2D eigenvalue weighted by molar-refractivity contribution is 7.18. The number of benzene rings is 1. The first-order chi connectivity index (χ1) is 10.2. The quantitative estimate of drug-likeness (QED) is 0.754. The second kappa shape index (κ2) is 5.87. The highest BCUT2D eigenvalue weighted by atomic mass is 35.5. The van der Waals surface area contributed by atoms with Crippen LogP contribution in [0.3, 0.4) is 0 Å². The molecule has 0 bridgehead atoms. The molecule has 0 radical (unpaired) electrons. The summed E-state index contributed by atoms with van der Waals surface area (Å²) >= 11 is 7.65. The summed E-state index contributed by atoms with van der Waals surface area (Å²) in [6.07, 6.45) is 0.965. The Morgan fingerprint density at radius 3 is 2.86 bits per heavy atom. The molecular weight excluding hydrogens is 306 g/mol. The van der Waals surface area contributed by atoms with Crippen molar-refractivity contribution in [3.8, 4) is 11.6 Å². The van der Waals surface area contributed by atoms with Crippen molar-refractivity contribution in [3.63, 3.8) is 0 Å². The smallest absolute Gasteiger partial charge is 0.232 e. The zero-order valence-corrected chi connectivity index (χ0v) is 13.3. The lowest BCUT2D eigenvalue weighted by Gasteiger charge is -2.07. The third-order valence-electron chi connectivity index (χ3n) is 2.99. The zero-order chi connectivity index (χ0) is 14.8. The molecule has 1 aromatic carbocycles. The lowest BCUT2D eigenvalue weighted by atomic mass is 10.3. The molecule has 0 amide bonds. The number of halogens is 1. The Labute approximate surface area is 131 Å². The van der Waals surface area contributed by atoms with Crippen molar-refractivity contribution in [2.75, 3.05) is 12.4 Å². The van der Waals surface area contributed by atoms with Crippen LogP contribution in [0.25, 0.3) is 10.2 Å². The number of aryl methyl sites for hydroxylation is 1. The number of hydrogen-bond donors (Lipinski definition) is 1. The second-order valence-corrected chi connectivity index (χ2v) is 6.00. The van der Waals surface area contributed by atoms with Gasteiger partial charge >= 0.3 is 0 Å². The Morgan fingerprint density at radius 1 is 1.29 bits per heavy atom. The normalized spacial score (nSPS) is 10.8. The van der Waals surface area contributed by atoms with Gasteiger partial charge in [0.05, 0.1) is 5.39 Å². The van der Waals surface area contributed by atoms with Crippen molar-refractivity contribution in [1.82, 2.24) is 9.97 Å². The molecule has 0 unspecified atom stereocenters. The van der Waals surface area contributed by atoms with Gasteiger partial charge in [-0.25, -0.2) is 4.98 Å². The highest BCUT2D eigenvalue weighted by Gasteiger charge is 2.13. The van der Waals surface area contributed by atoms with Gasteiger partial charge in [-0.15, -0.1) is 11.3 Å². The number of hydrogen-bond acceptors (Lipinski definition) is 5. The van der Waals surface area contributed by atoms with Crippen LogP contribution in [-0.2, 0) is 6.42 Å². The van der Waals surface area contributed by atoms with Crippen LogP contribution < -0.4 is 10.1 Å². The van der Waals surface area contributed by atoms with E-state index in [0.717, 1.165) is 16.6 Å². The van der Waals surface area contributed by atoms with Crippen LogP contribution in [0.4, 0.5) is 5.95 Å². The van der Waals surface area contributed by atoms with Crippen molar-refractivity contribution in [3.05, 3.63) is 40.2 Å². The van der Waals surface area contributed by atoms with Crippen molar-refractivity contribution >= 4 is 39.1 Å². The van der Waals surface area contributed by atoms with Crippen LogP contribution in [0.1, 0.15) is 11.8 Å². The second-order valence-electron chi connectivity index (χ2n) is 4.45. The first-order valence-corrected chi connectivity index (χ1v) is 7.80. The van der Waals surface area contributed by atoms with Crippen LogP contribution in [0.2, 0.25) is 5.02 Å². The third kappa shape index (κ3) is 2.94. The monoisotopic (exact) mass is 319 g/mol. The van der Waals surface area contributed by atoms with E-state index in [2.05, 4.69) is 28.3 Å². The summed E-state index contributed by atoms with van der Waals surface area (Å²) in [5.74, 6) is 1.75. The van der Waals surface area contributed by atoms with Gasteiger partial charge in [0, 0.05) is 16.9 Å². The van der Waals surface area contributed by atoms with Gasteiger partial charge in [0.25, 0.3) is 0 Å². The van der Waals surface area contributed by atoms with Gasteiger partial charge in [-0.2, -0.15) is 4.98 Å². The van der Waals surface area contributed by atoms with E-state index in [0.29, 0.717) is 22.6 Å². The van der Waals surface area contributed by atoms with Crippen molar-refractivity contribution in [2.45, 2.75) is 13.3 Å². The van der Waals surface area contributed by atoms with Gasteiger partial charge < -0.3 is 10.1 Å². The van der Waals surface area contributed by atoms with E-state index in [-0.39, 0.29) is 0 Å². The molecule has 2 aromatic heterocycles. The van der Waals surface area contributed by atoms with Crippen LogP contribution in [0, 0.1) is 0 Å². The maximum atomic E-state index is 5.99. The molecule has 4 nitrogen and oxygen atoms in total. The number of nitrogens with one attached hydrogen (secondary N) is 1. The molecule has 3 aromatic rings. The van der Waals surface area contributed by atoms with E-state index < -0.39 is 0 Å². The molecule has 0 aliphatic carbocycles. The van der Waals surface area contributed by atoms with Gasteiger partial charge in [-0.3, -0.25) is 0 Å². The van der Waals surface area contributed by atoms with E-state index in [1.807, 2.05) is 18.2 Å². The lowest BCUT2D eigenvalue weighted by Crippen LogP contribution is -1.98. The number of aromatic nitrogens is 2. The van der Waals surface area contributed by atoms with Gasteiger partial charge in [-0.1, -0.05) is 24.6 Å². The standard InChI is InChI=1S/C15H14ClN3OS/c1-3-11-8-12-13(18-15(17-2)19-14(12)21-11)20-10-6-4-5-9(16)7-10/h4-8H,3H2,1-2H3,(H,17,18,19). The summed E-state index contributed by atoms with van der Waals surface area (Å²) in [6, 6.07) is 9.36. The molecule has 0 saturated heterocycles. The average Bonchev–Trinajstić information content (AvgIpc) is 2.90. The minimum atomic E-state index is 0.544. The number of thiophene rings is 1. The van der Waals surface area contributed by atoms with E-state index in [1.54, 1.807) is 24.5 Å². The summed E-state index contributed by atoms with van der Waals surface area (Å²) < 4.78 is 5.90. The first-order valence-electron chi connectivity index (χ1n) is 6.61. The number of nitrogens with zero attached hydrogens (tertiary/aromatic N) is 2. The molecule has 21 heavy (non-hydrogen) atoms. The summed E-state index contributed by atoms with van der Waals surface area (Å²) in [7, 11) is 1.79. The van der Waals surface area contributed by atoms with E-state index in [9.17, 15) is 0 Å². The molecule has 0 aliphatic rings. The average molecular weight is 320 g/mol. The predicted molar refractivity (Wildman–Crippen MR) is 87.9 cm³/mol. The van der Waals surface area contributed by atoms with Gasteiger partial charge in [0.15, 0.2) is 0 Å². The van der Waals surface area contributed by atoms with E-state index in [1.165, 1.54) is 4.88 Å². The Bertz CT molecular complexity index is 788. The fraction of sp³-hybridized carbons (Fsp3) is 0.200. The molecule has 108 valence electrons. The number of fused-ring (bicyclic) bond motifs is 1. The number of ether oxygens (including phenoxy) is 1. The van der Waals surface area contributed by atoms with Gasteiger partial charge in [-0.05, 0) is 30.7 Å². The summed E-state index contributed by atoms with van der Waals surface area (Å²) in [5.41, 5.74) is 0. The molecule has 0 aliphatic heterocycles. The maximum Gasteiger partial charge on any atom is 0.232 e. The Kier molecular flexibility index (Phi) is 3.94. The Morgan fingerprint density at radius 2 is 2.14 bits per heavy atom. The Hall–Kier alpha value is -1.85. The van der Waals surface area contributed by atoms with Crippen molar-refractivity contribution < 1.29 is 4.74 Å². The fourth-order valence-corrected chi connectivity index (χ4v) is 3.09. The maximum absolute atomic E-state index is 5.99. The third-order valence-corrected chi connectivity index (χ3v) is 4.40.